The van der Waals surface area contributed by atoms with E-state index in [1.54, 1.807) is 17.7 Å². The third-order valence-corrected chi connectivity index (χ3v) is 16.0. The van der Waals surface area contributed by atoms with Crippen molar-refractivity contribution in [3.05, 3.63) is 107 Å². The van der Waals surface area contributed by atoms with E-state index in [2.05, 4.69) is 94.2 Å². The number of rotatable bonds is 2. The summed E-state index contributed by atoms with van der Waals surface area (Å²) in [6, 6.07) is 32.1. The molecule has 0 heterocycles. The second-order valence-electron chi connectivity index (χ2n) is 8.96. The molecule has 0 spiro atoms. The fourth-order valence-corrected chi connectivity index (χ4v) is 13.7. The molecule has 6 rings (SSSR count). The summed E-state index contributed by atoms with van der Waals surface area (Å²) >= 11 is -2.77. The van der Waals surface area contributed by atoms with E-state index in [-0.39, 0.29) is 0 Å². The van der Waals surface area contributed by atoms with Gasteiger partial charge in [-0.2, -0.15) is 0 Å². The normalized spacial score (nSPS) is 13.6. The molecular weight excluding hydrogens is 428 g/mol. The summed E-state index contributed by atoms with van der Waals surface area (Å²) in [7, 11) is 0. The van der Waals surface area contributed by atoms with Gasteiger partial charge in [0.15, 0.2) is 0 Å². The van der Waals surface area contributed by atoms with Crippen LogP contribution < -0.4 is 6.54 Å². The molecule has 0 nitrogen and oxygen atoms in total. The average molecular weight is 452 g/mol. The van der Waals surface area contributed by atoms with Gasteiger partial charge in [0.1, 0.15) is 0 Å². The van der Waals surface area contributed by atoms with Crippen LogP contribution in [0.15, 0.2) is 84.9 Å². The molecule has 29 heavy (non-hydrogen) atoms. The Morgan fingerprint density at radius 3 is 1.38 bits per heavy atom. The molecule has 0 aromatic heterocycles. The molecule has 0 atom stereocenters. The maximum absolute atomic E-state index is 2.77. The van der Waals surface area contributed by atoms with E-state index in [9.17, 15) is 0 Å². The van der Waals surface area contributed by atoms with Crippen molar-refractivity contribution in [1.82, 2.24) is 0 Å². The minimum atomic E-state index is -2.77. The van der Waals surface area contributed by atoms with Crippen LogP contribution in [-0.4, -0.2) is 0 Å². The molecule has 4 aromatic rings. The van der Waals surface area contributed by atoms with E-state index in [0.717, 1.165) is 12.8 Å². The Morgan fingerprint density at radius 2 is 0.897 bits per heavy atom. The summed E-state index contributed by atoms with van der Waals surface area (Å²) in [5, 5.41) is 0. The molecule has 0 bridgehead atoms. The van der Waals surface area contributed by atoms with Crippen molar-refractivity contribution in [1.29, 1.82) is 0 Å². The van der Waals surface area contributed by atoms with Gasteiger partial charge in [0, 0.05) is 0 Å². The van der Waals surface area contributed by atoms with Crippen molar-refractivity contribution in [3.63, 3.8) is 0 Å². The molecule has 0 aliphatic heterocycles. The first-order chi connectivity index (χ1) is 14.1. The van der Waals surface area contributed by atoms with Gasteiger partial charge in [-0.3, -0.25) is 0 Å². The Kier molecular flexibility index (Phi) is 3.87. The fourth-order valence-electron chi connectivity index (χ4n) is 5.63. The minimum absolute atomic E-state index is 1.09. The van der Waals surface area contributed by atoms with Gasteiger partial charge in [0.05, 0.1) is 0 Å². The van der Waals surface area contributed by atoms with Crippen LogP contribution in [-0.2, 0) is 33.1 Å². The van der Waals surface area contributed by atoms with E-state index in [1.807, 2.05) is 0 Å². The third-order valence-electron chi connectivity index (χ3n) is 7.05. The molecule has 0 fully saturated rings. The summed E-state index contributed by atoms with van der Waals surface area (Å²) in [5.74, 6) is 0. The first-order valence-corrected chi connectivity index (χ1v) is 17.9. The SMILES string of the molecule is [CH3][Zr]([CH3])([c]1cccc2c1Cc1ccccc1-2)[c]1cccc2c1Cc1ccccc1-2. The van der Waals surface area contributed by atoms with Crippen LogP contribution in [0.25, 0.3) is 22.3 Å². The molecule has 0 saturated heterocycles. The summed E-state index contributed by atoms with van der Waals surface area (Å²) in [4.78, 5) is 0. The first-order valence-electron chi connectivity index (χ1n) is 10.6. The van der Waals surface area contributed by atoms with Gasteiger partial charge in [-0.25, -0.2) is 0 Å². The Balaban J connectivity index is 1.53. The van der Waals surface area contributed by atoms with E-state index >= 15 is 0 Å². The van der Waals surface area contributed by atoms with Crippen molar-refractivity contribution in [2.45, 2.75) is 22.1 Å². The zero-order chi connectivity index (χ0) is 19.6. The topological polar surface area (TPSA) is 0 Å². The van der Waals surface area contributed by atoms with Crippen molar-refractivity contribution >= 4 is 6.54 Å². The zero-order valence-corrected chi connectivity index (χ0v) is 19.5. The summed E-state index contributed by atoms with van der Waals surface area (Å²) < 4.78 is 8.59. The Labute approximate surface area is 177 Å². The number of hydrogen-bond donors (Lipinski definition) is 0. The van der Waals surface area contributed by atoms with Crippen LogP contribution in [0.1, 0.15) is 22.3 Å². The standard InChI is InChI=1S/2C13H9.2CH3.Zr/c2*1-3-7-12-10(5-1)9-11-6-2-4-8-13(11)12;;;/h2*1-5,7-8H,9H2;2*1H3;. The van der Waals surface area contributed by atoms with Crippen LogP contribution in [0.3, 0.4) is 0 Å². The summed E-state index contributed by atoms with van der Waals surface area (Å²) in [6.45, 7) is 0. The zero-order valence-electron chi connectivity index (χ0n) is 17.0. The Bertz CT molecular complexity index is 1180. The van der Waals surface area contributed by atoms with Crippen LogP contribution in [0.2, 0.25) is 9.26 Å². The molecule has 2 aliphatic carbocycles. The van der Waals surface area contributed by atoms with E-state index in [1.165, 1.54) is 33.4 Å². The number of hydrogen-bond acceptors (Lipinski definition) is 0. The van der Waals surface area contributed by atoms with Crippen molar-refractivity contribution in [2.24, 2.45) is 0 Å². The quantitative estimate of drug-likeness (QED) is 0.301. The molecule has 0 radical (unpaired) electrons. The van der Waals surface area contributed by atoms with Gasteiger partial charge in [-0.15, -0.1) is 0 Å². The monoisotopic (exact) mass is 450 g/mol. The number of benzene rings is 4. The number of fused-ring (bicyclic) bond motifs is 6. The molecular formula is C28H24Zr. The van der Waals surface area contributed by atoms with Gasteiger partial charge in [0.25, 0.3) is 0 Å². The predicted molar refractivity (Wildman–Crippen MR) is 120 cm³/mol. The molecule has 0 unspecified atom stereocenters. The van der Waals surface area contributed by atoms with Crippen LogP contribution in [0.4, 0.5) is 0 Å². The van der Waals surface area contributed by atoms with Gasteiger partial charge < -0.3 is 0 Å². The van der Waals surface area contributed by atoms with Gasteiger partial charge >= 0.3 is 178 Å². The molecule has 4 aromatic carbocycles. The summed E-state index contributed by atoms with van der Waals surface area (Å²) in [6.07, 6.45) is 2.19. The van der Waals surface area contributed by atoms with Crippen molar-refractivity contribution < 1.29 is 20.3 Å². The molecule has 0 N–H and O–H groups in total. The van der Waals surface area contributed by atoms with Crippen molar-refractivity contribution in [3.8, 4) is 22.3 Å². The summed E-state index contributed by atoms with van der Waals surface area (Å²) in [5.41, 5.74) is 12.0. The Hall–Kier alpha value is -2.24. The first kappa shape index (κ1) is 17.6. The Morgan fingerprint density at radius 1 is 0.483 bits per heavy atom. The van der Waals surface area contributed by atoms with E-state index < -0.39 is 20.3 Å². The van der Waals surface area contributed by atoms with Gasteiger partial charge in [-0.1, -0.05) is 0 Å². The molecule has 0 amide bonds. The second kappa shape index (κ2) is 6.38. The van der Waals surface area contributed by atoms with E-state index in [0.29, 0.717) is 0 Å². The van der Waals surface area contributed by atoms with Crippen molar-refractivity contribution in [2.75, 3.05) is 0 Å². The van der Waals surface area contributed by atoms with Gasteiger partial charge in [-0.05, 0) is 0 Å². The van der Waals surface area contributed by atoms with Crippen LogP contribution in [0, 0.1) is 0 Å². The molecule has 0 saturated carbocycles. The van der Waals surface area contributed by atoms with Gasteiger partial charge in [0.2, 0.25) is 0 Å². The second-order valence-corrected chi connectivity index (χ2v) is 19.6. The fraction of sp³-hybridized carbons (Fsp3) is 0.143. The van der Waals surface area contributed by atoms with E-state index in [4.69, 9.17) is 0 Å². The third kappa shape index (κ3) is 2.53. The van der Waals surface area contributed by atoms with Crippen LogP contribution >= 0.6 is 0 Å². The maximum atomic E-state index is 2.62. The molecule has 1 heteroatoms. The average Bonchev–Trinajstić information content (AvgIpc) is 3.31. The predicted octanol–water partition coefficient (Wildman–Crippen LogP) is 6.03. The van der Waals surface area contributed by atoms with Crippen LogP contribution in [0.5, 0.6) is 0 Å². The molecule has 140 valence electrons. The molecule has 2 aliphatic rings.